The van der Waals surface area contributed by atoms with E-state index >= 15 is 0 Å². The fourth-order valence-electron chi connectivity index (χ4n) is 1.72. The summed E-state index contributed by atoms with van der Waals surface area (Å²) in [7, 11) is 0. The summed E-state index contributed by atoms with van der Waals surface area (Å²) < 4.78 is 6.50. The molecule has 14 heavy (non-hydrogen) atoms. The molecule has 0 aromatic carbocycles. The fraction of sp³-hybridized carbons (Fsp3) is 0.750. The standard InChI is InChI=1S/C8H12N4O2/c1-3-14-8(13)6-4-5(2)7-9-10-11-12(6)7/h5-6H,3-4H2,1-2H3. The summed E-state index contributed by atoms with van der Waals surface area (Å²) in [6.07, 6.45) is 0.705. The van der Waals surface area contributed by atoms with Gasteiger partial charge in [0.25, 0.3) is 0 Å². The summed E-state index contributed by atoms with van der Waals surface area (Å²) in [6, 6.07) is -0.338. The quantitative estimate of drug-likeness (QED) is 0.635. The molecule has 2 rings (SSSR count). The van der Waals surface area contributed by atoms with E-state index in [-0.39, 0.29) is 17.9 Å². The highest BCUT2D eigenvalue weighted by molar-refractivity contribution is 5.74. The molecule has 2 atom stereocenters. The van der Waals surface area contributed by atoms with Crippen molar-refractivity contribution in [2.45, 2.75) is 32.2 Å². The Morgan fingerprint density at radius 1 is 1.71 bits per heavy atom. The zero-order chi connectivity index (χ0) is 10.1. The largest absolute Gasteiger partial charge is 0.464 e. The smallest absolute Gasteiger partial charge is 0.331 e. The second-order valence-electron chi connectivity index (χ2n) is 3.39. The summed E-state index contributed by atoms with van der Waals surface area (Å²) in [5, 5.41) is 11.2. The Balaban J connectivity index is 2.22. The molecule has 1 aliphatic heterocycles. The van der Waals surface area contributed by atoms with Gasteiger partial charge in [0.15, 0.2) is 11.9 Å². The molecular weight excluding hydrogens is 184 g/mol. The lowest BCUT2D eigenvalue weighted by Gasteiger charge is -2.08. The molecule has 6 heteroatoms. The Morgan fingerprint density at radius 2 is 2.50 bits per heavy atom. The molecule has 0 fully saturated rings. The number of carbonyl (C=O) groups is 1. The molecule has 76 valence electrons. The number of carbonyl (C=O) groups excluding carboxylic acids is 1. The Bertz CT molecular complexity index is 349. The summed E-state index contributed by atoms with van der Waals surface area (Å²) in [5.41, 5.74) is 0. The second kappa shape index (κ2) is 3.36. The van der Waals surface area contributed by atoms with E-state index in [0.717, 1.165) is 5.82 Å². The molecule has 0 saturated heterocycles. The molecule has 1 aromatic heterocycles. The number of hydrogen-bond acceptors (Lipinski definition) is 5. The van der Waals surface area contributed by atoms with Gasteiger partial charge in [-0.05, 0) is 23.8 Å². The van der Waals surface area contributed by atoms with Gasteiger partial charge in [-0.25, -0.2) is 9.48 Å². The highest BCUT2D eigenvalue weighted by Gasteiger charge is 2.36. The molecule has 0 aliphatic carbocycles. The van der Waals surface area contributed by atoms with Crippen LogP contribution in [0, 0.1) is 0 Å². The first-order valence-corrected chi connectivity index (χ1v) is 4.68. The lowest BCUT2D eigenvalue weighted by Crippen LogP contribution is -2.19. The van der Waals surface area contributed by atoms with Crippen LogP contribution >= 0.6 is 0 Å². The maximum absolute atomic E-state index is 11.5. The van der Waals surface area contributed by atoms with Gasteiger partial charge in [0, 0.05) is 5.92 Å². The average molecular weight is 196 g/mol. The van der Waals surface area contributed by atoms with Gasteiger partial charge in [-0.1, -0.05) is 6.92 Å². The monoisotopic (exact) mass is 196 g/mol. The van der Waals surface area contributed by atoms with E-state index < -0.39 is 0 Å². The summed E-state index contributed by atoms with van der Waals surface area (Å²) >= 11 is 0. The van der Waals surface area contributed by atoms with Crippen LogP contribution in [0.2, 0.25) is 0 Å². The first-order chi connectivity index (χ1) is 6.74. The summed E-state index contributed by atoms with van der Waals surface area (Å²) in [6.45, 7) is 4.18. The molecule has 0 radical (unpaired) electrons. The van der Waals surface area contributed by atoms with E-state index in [1.807, 2.05) is 6.92 Å². The molecule has 1 aliphatic rings. The Labute approximate surface area is 81.2 Å². The molecule has 0 saturated carbocycles. The van der Waals surface area contributed by atoms with Crippen LogP contribution in [0.4, 0.5) is 0 Å². The lowest BCUT2D eigenvalue weighted by molar-refractivity contribution is -0.147. The van der Waals surface area contributed by atoms with Crippen molar-refractivity contribution in [2.24, 2.45) is 0 Å². The van der Waals surface area contributed by atoms with Crippen LogP contribution < -0.4 is 0 Å². The predicted molar refractivity (Wildman–Crippen MR) is 46.5 cm³/mol. The molecule has 0 spiro atoms. The summed E-state index contributed by atoms with van der Waals surface area (Å²) in [5.74, 6) is 0.743. The van der Waals surface area contributed by atoms with Gasteiger partial charge in [-0.3, -0.25) is 0 Å². The first kappa shape index (κ1) is 9.11. The van der Waals surface area contributed by atoms with Gasteiger partial charge in [0.05, 0.1) is 6.61 Å². The van der Waals surface area contributed by atoms with Gasteiger partial charge in [-0.2, -0.15) is 0 Å². The van der Waals surface area contributed by atoms with Gasteiger partial charge in [0.2, 0.25) is 0 Å². The molecule has 0 bridgehead atoms. The van der Waals surface area contributed by atoms with Gasteiger partial charge < -0.3 is 4.74 Å². The third-order valence-electron chi connectivity index (χ3n) is 2.39. The van der Waals surface area contributed by atoms with Crippen molar-refractivity contribution >= 4 is 5.97 Å². The highest BCUT2D eigenvalue weighted by atomic mass is 16.5. The van der Waals surface area contributed by atoms with Crippen LogP contribution in [0.1, 0.15) is 38.1 Å². The Morgan fingerprint density at radius 3 is 3.21 bits per heavy atom. The zero-order valence-electron chi connectivity index (χ0n) is 8.17. The van der Waals surface area contributed by atoms with E-state index in [4.69, 9.17) is 4.74 Å². The van der Waals surface area contributed by atoms with E-state index in [0.29, 0.717) is 13.0 Å². The number of aromatic nitrogens is 4. The minimum Gasteiger partial charge on any atom is -0.464 e. The van der Waals surface area contributed by atoms with Crippen LogP contribution in [0.5, 0.6) is 0 Å². The van der Waals surface area contributed by atoms with Crippen LogP contribution in [0.15, 0.2) is 0 Å². The number of fused-ring (bicyclic) bond motifs is 1. The van der Waals surface area contributed by atoms with Gasteiger partial charge in [0.1, 0.15) is 0 Å². The first-order valence-electron chi connectivity index (χ1n) is 4.68. The molecule has 6 nitrogen and oxygen atoms in total. The fourth-order valence-corrected chi connectivity index (χ4v) is 1.72. The number of rotatable bonds is 2. The van der Waals surface area contributed by atoms with Crippen molar-refractivity contribution in [3.63, 3.8) is 0 Å². The minimum absolute atomic E-state index is 0.222. The number of tetrazole rings is 1. The number of nitrogens with zero attached hydrogens (tertiary/aromatic N) is 4. The zero-order valence-corrected chi connectivity index (χ0v) is 8.17. The van der Waals surface area contributed by atoms with Crippen molar-refractivity contribution in [3.8, 4) is 0 Å². The normalized spacial score (nSPS) is 24.7. The van der Waals surface area contributed by atoms with Crippen molar-refractivity contribution in [3.05, 3.63) is 5.82 Å². The van der Waals surface area contributed by atoms with Gasteiger partial charge >= 0.3 is 5.97 Å². The van der Waals surface area contributed by atoms with Crippen LogP contribution in [-0.2, 0) is 9.53 Å². The second-order valence-corrected chi connectivity index (χ2v) is 3.39. The van der Waals surface area contributed by atoms with Crippen molar-refractivity contribution < 1.29 is 9.53 Å². The molecule has 0 N–H and O–H groups in total. The van der Waals surface area contributed by atoms with Gasteiger partial charge in [-0.15, -0.1) is 5.10 Å². The Kier molecular flexibility index (Phi) is 2.18. The minimum atomic E-state index is -0.338. The van der Waals surface area contributed by atoms with Crippen molar-refractivity contribution in [2.75, 3.05) is 6.61 Å². The maximum atomic E-state index is 11.5. The number of hydrogen-bond donors (Lipinski definition) is 0. The molecule has 0 amide bonds. The maximum Gasteiger partial charge on any atom is 0.331 e. The van der Waals surface area contributed by atoms with E-state index in [1.165, 1.54) is 0 Å². The van der Waals surface area contributed by atoms with E-state index in [9.17, 15) is 4.79 Å². The average Bonchev–Trinajstić information content (AvgIpc) is 2.70. The number of ether oxygens (including phenoxy) is 1. The van der Waals surface area contributed by atoms with Crippen LogP contribution in [0.3, 0.4) is 0 Å². The third-order valence-corrected chi connectivity index (χ3v) is 2.39. The van der Waals surface area contributed by atoms with E-state index in [1.54, 1.807) is 11.6 Å². The van der Waals surface area contributed by atoms with Crippen molar-refractivity contribution in [1.82, 2.24) is 20.2 Å². The van der Waals surface area contributed by atoms with E-state index in [2.05, 4.69) is 15.5 Å². The topological polar surface area (TPSA) is 69.9 Å². The highest BCUT2D eigenvalue weighted by Crippen LogP contribution is 2.33. The molecule has 1 aromatic rings. The lowest BCUT2D eigenvalue weighted by atomic mass is 10.1. The predicted octanol–water partition coefficient (Wildman–Crippen LogP) is 0.284. The van der Waals surface area contributed by atoms with Crippen LogP contribution in [0.25, 0.3) is 0 Å². The number of esters is 1. The molecule has 2 heterocycles. The Hall–Kier alpha value is -1.46. The van der Waals surface area contributed by atoms with Crippen LogP contribution in [-0.4, -0.2) is 32.8 Å². The molecule has 2 unspecified atom stereocenters. The third kappa shape index (κ3) is 1.26. The van der Waals surface area contributed by atoms with Crippen molar-refractivity contribution in [1.29, 1.82) is 0 Å². The molecular formula is C8H12N4O2. The SMILES string of the molecule is CCOC(=O)C1CC(C)c2nnnn21. The summed E-state index contributed by atoms with van der Waals surface area (Å²) in [4.78, 5) is 11.5.